The van der Waals surface area contributed by atoms with Crippen LogP contribution in [-0.4, -0.2) is 47.7 Å². The van der Waals surface area contributed by atoms with Gasteiger partial charge in [0.1, 0.15) is 0 Å². The molecule has 1 saturated heterocycles. The summed E-state index contributed by atoms with van der Waals surface area (Å²) in [5.74, 6) is -0.878. The van der Waals surface area contributed by atoms with Crippen LogP contribution in [0.5, 0.6) is 0 Å². The van der Waals surface area contributed by atoms with E-state index in [0.717, 1.165) is 6.42 Å². The number of hydrogen-bond acceptors (Lipinski definition) is 3. The van der Waals surface area contributed by atoms with Gasteiger partial charge in [0.25, 0.3) is 0 Å². The maximum Gasteiger partial charge on any atom is 0.328 e. The van der Waals surface area contributed by atoms with Crippen LogP contribution in [0.25, 0.3) is 0 Å². The fourth-order valence-corrected chi connectivity index (χ4v) is 3.10. The summed E-state index contributed by atoms with van der Waals surface area (Å²) in [6.45, 7) is 2.91. The maximum atomic E-state index is 12.6. The Hall–Kier alpha value is -1.88. The van der Waals surface area contributed by atoms with Gasteiger partial charge in [0.15, 0.2) is 6.04 Å². The molecule has 2 aliphatic rings. The minimum atomic E-state index is -0.990. The number of carboxylic acid groups (broad SMARTS) is 1. The first-order valence-corrected chi connectivity index (χ1v) is 7.26. The first kappa shape index (κ1) is 14.1. The van der Waals surface area contributed by atoms with Gasteiger partial charge in [0.05, 0.1) is 13.2 Å². The molecule has 1 amide bonds. The molecule has 5 heteroatoms. The lowest BCUT2D eigenvalue weighted by molar-refractivity contribution is -0.158. The second kappa shape index (κ2) is 5.48. The highest BCUT2D eigenvalue weighted by Gasteiger charge is 2.48. The van der Waals surface area contributed by atoms with Gasteiger partial charge in [-0.3, -0.25) is 4.79 Å². The van der Waals surface area contributed by atoms with Gasteiger partial charge >= 0.3 is 5.97 Å². The van der Waals surface area contributed by atoms with E-state index in [1.807, 2.05) is 25.1 Å². The van der Waals surface area contributed by atoms with Crippen molar-refractivity contribution in [1.82, 2.24) is 4.90 Å². The van der Waals surface area contributed by atoms with Gasteiger partial charge in [-0.25, -0.2) is 4.79 Å². The van der Waals surface area contributed by atoms with Crippen molar-refractivity contribution in [1.29, 1.82) is 0 Å². The van der Waals surface area contributed by atoms with E-state index in [1.54, 1.807) is 0 Å². The third kappa shape index (κ3) is 2.65. The molecular formula is C16H19NO4. The monoisotopic (exact) mass is 289 g/mol. The minimum absolute atomic E-state index is 0.0426. The van der Waals surface area contributed by atoms with Crippen LogP contribution < -0.4 is 0 Å². The van der Waals surface area contributed by atoms with Crippen LogP contribution in [0.3, 0.4) is 0 Å². The summed E-state index contributed by atoms with van der Waals surface area (Å²) >= 11 is 0. The molecule has 0 spiro atoms. The zero-order valence-electron chi connectivity index (χ0n) is 12.0. The number of amides is 1. The number of carbonyl (C=O) groups excluding carboxylic acids is 1. The predicted molar refractivity (Wildman–Crippen MR) is 76.0 cm³/mol. The van der Waals surface area contributed by atoms with E-state index >= 15 is 0 Å². The number of hydrogen-bond donors (Lipinski definition) is 1. The Morgan fingerprint density at radius 2 is 2.10 bits per heavy atom. The van der Waals surface area contributed by atoms with Crippen molar-refractivity contribution in [3.8, 4) is 0 Å². The lowest BCUT2D eigenvalue weighted by atomic mass is 10.0. The molecule has 1 aromatic carbocycles. The zero-order chi connectivity index (χ0) is 15.0. The average molecular weight is 289 g/mol. The molecule has 1 aliphatic heterocycles. The highest BCUT2D eigenvalue weighted by atomic mass is 16.5. The van der Waals surface area contributed by atoms with Crippen molar-refractivity contribution in [3.05, 3.63) is 35.4 Å². The summed E-state index contributed by atoms with van der Waals surface area (Å²) in [5.41, 5.74) is 2.39. The Morgan fingerprint density at radius 1 is 1.33 bits per heavy atom. The molecule has 3 unspecified atom stereocenters. The molecule has 2 fully saturated rings. The number of morpholine rings is 1. The molecule has 3 atom stereocenters. The molecule has 0 bridgehead atoms. The smallest absolute Gasteiger partial charge is 0.328 e. The van der Waals surface area contributed by atoms with Crippen molar-refractivity contribution >= 4 is 11.9 Å². The van der Waals surface area contributed by atoms with E-state index in [2.05, 4.69) is 6.07 Å². The van der Waals surface area contributed by atoms with Crippen LogP contribution in [0, 0.1) is 12.8 Å². The average Bonchev–Trinajstić information content (AvgIpc) is 3.27. The Bertz CT molecular complexity index is 571. The number of nitrogens with zero attached hydrogens (tertiary/aromatic N) is 1. The van der Waals surface area contributed by atoms with E-state index in [-0.39, 0.29) is 24.3 Å². The molecule has 0 aromatic heterocycles. The number of carboxylic acids is 1. The molecule has 21 heavy (non-hydrogen) atoms. The van der Waals surface area contributed by atoms with Crippen molar-refractivity contribution in [3.63, 3.8) is 0 Å². The Balaban J connectivity index is 1.72. The van der Waals surface area contributed by atoms with Crippen molar-refractivity contribution in [2.75, 3.05) is 19.8 Å². The lowest BCUT2D eigenvalue weighted by Crippen LogP contribution is -2.53. The maximum absolute atomic E-state index is 12.6. The number of aryl methyl sites for hydroxylation is 1. The summed E-state index contributed by atoms with van der Waals surface area (Å²) in [5, 5.41) is 9.21. The quantitative estimate of drug-likeness (QED) is 0.913. The molecule has 0 radical (unpaired) electrons. The van der Waals surface area contributed by atoms with Crippen LogP contribution >= 0.6 is 0 Å². The molecule has 1 N–H and O–H groups in total. The minimum Gasteiger partial charge on any atom is -0.480 e. The highest BCUT2D eigenvalue weighted by molar-refractivity contribution is 5.88. The van der Waals surface area contributed by atoms with Gasteiger partial charge in [0, 0.05) is 12.5 Å². The summed E-state index contributed by atoms with van der Waals surface area (Å²) < 4.78 is 5.18. The molecule has 5 nitrogen and oxygen atoms in total. The van der Waals surface area contributed by atoms with Crippen LogP contribution in [0.2, 0.25) is 0 Å². The van der Waals surface area contributed by atoms with Crippen molar-refractivity contribution in [2.45, 2.75) is 25.3 Å². The predicted octanol–water partition coefficient (Wildman–Crippen LogP) is 1.41. The Labute approximate surface area is 123 Å². The SMILES string of the molecule is Cc1ccccc1C1CC1C(=O)N1CCOCC1C(=O)O. The topological polar surface area (TPSA) is 66.8 Å². The van der Waals surface area contributed by atoms with E-state index in [1.165, 1.54) is 16.0 Å². The third-order valence-corrected chi connectivity index (χ3v) is 4.39. The standard InChI is InChI=1S/C16H19NO4/c1-10-4-2-3-5-11(10)12-8-13(12)15(18)17-6-7-21-9-14(17)16(19)20/h2-5,12-14H,6-9H2,1H3,(H,19,20). The van der Waals surface area contributed by atoms with Gasteiger partial charge in [-0.15, -0.1) is 0 Å². The van der Waals surface area contributed by atoms with Gasteiger partial charge in [-0.1, -0.05) is 24.3 Å². The first-order chi connectivity index (χ1) is 10.1. The number of benzene rings is 1. The normalized spacial score (nSPS) is 28.2. The van der Waals surface area contributed by atoms with Crippen molar-refractivity contribution in [2.24, 2.45) is 5.92 Å². The second-order valence-electron chi connectivity index (χ2n) is 5.77. The Kier molecular flexibility index (Phi) is 3.68. The zero-order valence-corrected chi connectivity index (χ0v) is 12.0. The number of aliphatic carboxylic acids is 1. The van der Waals surface area contributed by atoms with E-state index in [9.17, 15) is 14.7 Å². The highest BCUT2D eigenvalue weighted by Crippen LogP contribution is 2.49. The number of ether oxygens (including phenoxy) is 1. The fourth-order valence-electron chi connectivity index (χ4n) is 3.10. The molecule has 1 aliphatic carbocycles. The molecule has 1 aromatic rings. The summed E-state index contributed by atoms with van der Waals surface area (Å²) in [7, 11) is 0. The van der Waals surface area contributed by atoms with Gasteiger partial charge in [-0.05, 0) is 30.4 Å². The largest absolute Gasteiger partial charge is 0.480 e. The van der Waals surface area contributed by atoms with E-state index in [4.69, 9.17) is 4.74 Å². The van der Waals surface area contributed by atoms with Gasteiger partial charge < -0.3 is 14.7 Å². The molecule has 1 saturated carbocycles. The van der Waals surface area contributed by atoms with Crippen LogP contribution in [0.15, 0.2) is 24.3 Å². The van der Waals surface area contributed by atoms with Crippen LogP contribution in [0.4, 0.5) is 0 Å². The summed E-state index contributed by atoms with van der Waals surface area (Å²) in [4.78, 5) is 25.3. The second-order valence-corrected chi connectivity index (χ2v) is 5.77. The summed E-state index contributed by atoms with van der Waals surface area (Å²) in [6.07, 6.45) is 0.813. The van der Waals surface area contributed by atoms with Gasteiger partial charge in [0.2, 0.25) is 5.91 Å². The molecule has 1 heterocycles. The molecule has 112 valence electrons. The number of carbonyl (C=O) groups is 2. The van der Waals surface area contributed by atoms with Crippen LogP contribution in [0.1, 0.15) is 23.5 Å². The van der Waals surface area contributed by atoms with Crippen molar-refractivity contribution < 1.29 is 19.4 Å². The van der Waals surface area contributed by atoms with Gasteiger partial charge in [-0.2, -0.15) is 0 Å². The summed E-state index contributed by atoms with van der Waals surface area (Å²) in [6, 6.07) is 7.23. The van der Waals surface area contributed by atoms with E-state index < -0.39 is 12.0 Å². The third-order valence-electron chi connectivity index (χ3n) is 4.39. The first-order valence-electron chi connectivity index (χ1n) is 7.26. The van der Waals surface area contributed by atoms with E-state index in [0.29, 0.717) is 13.2 Å². The lowest BCUT2D eigenvalue weighted by Gasteiger charge is -2.33. The fraction of sp³-hybridized carbons (Fsp3) is 0.500. The molecular weight excluding hydrogens is 270 g/mol. The van der Waals surface area contributed by atoms with Crippen LogP contribution in [-0.2, 0) is 14.3 Å². The Morgan fingerprint density at radius 3 is 2.81 bits per heavy atom. The molecule has 3 rings (SSSR count). The number of rotatable bonds is 3.